The number of methoxy groups -OCH3 is 1. The monoisotopic (exact) mass is 647 g/mol. The van der Waals surface area contributed by atoms with Crippen molar-refractivity contribution in [3.05, 3.63) is 59.8 Å². The van der Waals surface area contributed by atoms with E-state index in [0.717, 1.165) is 5.56 Å². The van der Waals surface area contributed by atoms with Crippen molar-refractivity contribution in [2.45, 2.75) is 71.6 Å². The summed E-state index contributed by atoms with van der Waals surface area (Å²) in [4.78, 5) is 69.6. The third-order valence-electron chi connectivity index (χ3n) is 8.19. The molecule has 13 heteroatoms. The topological polar surface area (TPSA) is 175 Å². The largest absolute Gasteiger partial charge is 0.497 e. The van der Waals surface area contributed by atoms with Crippen LogP contribution in [0.1, 0.15) is 57.1 Å². The molecule has 1 fully saturated rings. The van der Waals surface area contributed by atoms with Crippen LogP contribution < -0.4 is 26.0 Å². The van der Waals surface area contributed by atoms with Crippen LogP contribution in [0.3, 0.4) is 0 Å². The van der Waals surface area contributed by atoms with Gasteiger partial charge in [-0.3, -0.25) is 29.1 Å². The number of nitrogens with zero attached hydrogens (tertiary/aromatic N) is 2. The quantitative estimate of drug-likeness (QED) is 0.260. The molecule has 47 heavy (non-hydrogen) atoms. The van der Waals surface area contributed by atoms with Crippen molar-refractivity contribution >= 4 is 40.4 Å². The number of aromatic amines is 1. The van der Waals surface area contributed by atoms with Gasteiger partial charge in [-0.05, 0) is 48.9 Å². The highest BCUT2D eigenvalue weighted by molar-refractivity contribution is 6.05. The van der Waals surface area contributed by atoms with Crippen molar-refractivity contribution in [3.63, 3.8) is 0 Å². The van der Waals surface area contributed by atoms with Gasteiger partial charge >= 0.3 is 0 Å². The van der Waals surface area contributed by atoms with Crippen molar-refractivity contribution in [2.75, 3.05) is 20.2 Å². The van der Waals surface area contributed by atoms with Gasteiger partial charge in [0.15, 0.2) is 5.69 Å². The molecule has 0 bridgehead atoms. The molecule has 13 nitrogen and oxygen atoms in total. The zero-order valence-electron chi connectivity index (χ0n) is 27.8. The molecule has 0 radical (unpaired) electrons. The summed E-state index contributed by atoms with van der Waals surface area (Å²) < 4.78 is 5.23. The minimum absolute atomic E-state index is 0.0152. The number of hydrogen-bond acceptors (Lipinski definition) is 7. The van der Waals surface area contributed by atoms with Gasteiger partial charge in [-0.25, -0.2) is 0 Å². The predicted octanol–water partition coefficient (Wildman–Crippen LogP) is 1.93. The summed E-state index contributed by atoms with van der Waals surface area (Å²) in [7, 11) is 1.55. The molecule has 2 aromatic carbocycles. The van der Waals surface area contributed by atoms with E-state index < -0.39 is 53.7 Å². The van der Waals surface area contributed by atoms with Gasteiger partial charge in [-0.2, -0.15) is 5.10 Å². The normalized spacial score (nSPS) is 21.8. The van der Waals surface area contributed by atoms with E-state index in [9.17, 15) is 24.0 Å². The molecule has 5 N–H and O–H groups in total. The highest BCUT2D eigenvalue weighted by Crippen LogP contribution is 2.19. The Bertz CT molecular complexity index is 1590. The number of benzene rings is 2. The Morgan fingerprint density at radius 3 is 2.23 bits per heavy atom. The molecule has 4 rings (SSSR count). The van der Waals surface area contributed by atoms with Crippen molar-refractivity contribution in [1.82, 2.24) is 36.4 Å². The Labute approximate surface area is 274 Å². The van der Waals surface area contributed by atoms with E-state index in [0.29, 0.717) is 16.7 Å². The van der Waals surface area contributed by atoms with Crippen LogP contribution in [-0.4, -0.2) is 89.0 Å². The first-order chi connectivity index (χ1) is 22.4. The number of carbonyl (C=O) groups excluding carboxylic acids is 5. The van der Waals surface area contributed by atoms with Crippen molar-refractivity contribution in [1.29, 1.82) is 0 Å². The second kappa shape index (κ2) is 15.6. The molecular weight excluding hydrogens is 602 g/mol. The third-order valence-corrected chi connectivity index (χ3v) is 8.19. The first kappa shape index (κ1) is 34.9. The SMILES string of the molecule is COc1ccc(C[C@@H]2NC(=O)[C@H](CC(C)C)NC(=O)CN(C(=O)c3n[nH]c4ccccc34)C[C@H](C(C)C)NC(=O)[C@@H](C)NC2=O)cc1. The van der Waals surface area contributed by atoms with Crippen molar-refractivity contribution < 1.29 is 28.7 Å². The summed E-state index contributed by atoms with van der Waals surface area (Å²) >= 11 is 0. The third kappa shape index (κ3) is 9.08. The average Bonchev–Trinajstić information content (AvgIpc) is 3.46. The lowest BCUT2D eigenvalue weighted by molar-refractivity contribution is -0.133. The molecule has 1 saturated heterocycles. The number of carbonyl (C=O) groups is 5. The van der Waals surface area contributed by atoms with Gasteiger partial charge in [0.05, 0.1) is 19.2 Å². The van der Waals surface area contributed by atoms with Crippen LogP contribution in [0.4, 0.5) is 0 Å². The predicted molar refractivity (Wildman–Crippen MR) is 176 cm³/mol. The lowest BCUT2D eigenvalue weighted by Gasteiger charge is -2.31. The fourth-order valence-electron chi connectivity index (χ4n) is 5.44. The van der Waals surface area contributed by atoms with E-state index in [4.69, 9.17) is 4.74 Å². The van der Waals surface area contributed by atoms with E-state index in [1.165, 1.54) is 4.90 Å². The molecule has 1 aliphatic rings. The minimum atomic E-state index is -1.05. The van der Waals surface area contributed by atoms with Gasteiger partial charge in [-0.15, -0.1) is 0 Å². The molecule has 0 saturated carbocycles. The van der Waals surface area contributed by atoms with E-state index in [1.54, 1.807) is 56.5 Å². The first-order valence-corrected chi connectivity index (χ1v) is 15.9. The van der Waals surface area contributed by atoms with Gasteiger partial charge in [-0.1, -0.05) is 58.0 Å². The van der Waals surface area contributed by atoms with Gasteiger partial charge < -0.3 is 30.9 Å². The number of rotatable bonds is 7. The molecule has 0 spiro atoms. The Morgan fingerprint density at radius 2 is 1.57 bits per heavy atom. The van der Waals surface area contributed by atoms with Crippen LogP contribution in [0.5, 0.6) is 5.75 Å². The molecule has 0 aliphatic carbocycles. The summed E-state index contributed by atoms with van der Waals surface area (Å²) in [6, 6.07) is 10.7. The molecule has 3 aromatic rings. The Hall–Kier alpha value is -4.94. The molecular formula is C34H45N7O6. The summed E-state index contributed by atoms with van der Waals surface area (Å²) in [5.74, 6) is -2.13. The van der Waals surface area contributed by atoms with Crippen molar-refractivity contribution in [2.24, 2.45) is 11.8 Å². The summed E-state index contributed by atoms with van der Waals surface area (Å²) in [5.41, 5.74) is 1.55. The lowest BCUT2D eigenvalue weighted by Crippen LogP contribution is -2.57. The van der Waals surface area contributed by atoms with Gasteiger partial charge in [0, 0.05) is 24.4 Å². The van der Waals surface area contributed by atoms with Crippen LogP contribution in [0.25, 0.3) is 10.9 Å². The lowest BCUT2D eigenvalue weighted by atomic mass is 10.0. The Balaban J connectivity index is 1.69. The number of para-hydroxylation sites is 1. The van der Waals surface area contributed by atoms with E-state index in [-0.39, 0.29) is 43.5 Å². The summed E-state index contributed by atoms with van der Waals surface area (Å²) in [6.45, 7) is 8.77. The molecule has 0 unspecified atom stereocenters. The maximum Gasteiger partial charge on any atom is 0.275 e. The van der Waals surface area contributed by atoms with Crippen LogP contribution in [0.15, 0.2) is 48.5 Å². The highest BCUT2D eigenvalue weighted by Gasteiger charge is 2.33. The molecule has 1 aromatic heterocycles. The molecule has 252 valence electrons. The van der Waals surface area contributed by atoms with Crippen LogP contribution in [0, 0.1) is 11.8 Å². The molecule has 4 atom stereocenters. The molecule has 5 amide bonds. The van der Waals surface area contributed by atoms with E-state index in [1.807, 2.05) is 33.8 Å². The fraction of sp³-hybridized carbons (Fsp3) is 0.471. The van der Waals surface area contributed by atoms with Gasteiger partial charge in [0.25, 0.3) is 5.91 Å². The van der Waals surface area contributed by atoms with E-state index >= 15 is 0 Å². The van der Waals surface area contributed by atoms with Gasteiger partial charge in [0.2, 0.25) is 23.6 Å². The summed E-state index contributed by atoms with van der Waals surface area (Å²) in [6.07, 6.45) is 0.421. The number of hydrogen-bond donors (Lipinski definition) is 5. The number of fused-ring (bicyclic) bond motifs is 1. The first-order valence-electron chi connectivity index (χ1n) is 15.9. The number of amides is 5. The number of H-pyrrole nitrogens is 1. The van der Waals surface area contributed by atoms with Gasteiger partial charge in [0.1, 0.15) is 23.9 Å². The average molecular weight is 648 g/mol. The van der Waals surface area contributed by atoms with Crippen LogP contribution in [-0.2, 0) is 25.6 Å². The maximum absolute atomic E-state index is 14.0. The standard InChI is InChI=1S/C34H45N7O6/c1-19(2)15-26-33(45)37-27(16-22-11-13-23(47-6)14-12-22)32(44)35-21(5)31(43)38-28(20(3)4)17-41(18-29(42)36-26)34(46)30-24-9-7-8-10-25(24)39-40-30/h7-14,19-21,26-28H,15-18H2,1-6H3,(H,35,44)(H,36,42)(H,37,45)(H,38,43)(H,39,40)/t21-,26+,27+,28-/m1/s1. The molecule has 2 heterocycles. The minimum Gasteiger partial charge on any atom is -0.497 e. The fourth-order valence-corrected chi connectivity index (χ4v) is 5.44. The zero-order chi connectivity index (χ0) is 34.2. The van der Waals surface area contributed by atoms with Crippen LogP contribution >= 0.6 is 0 Å². The van der Waals surface area contributed by atoms with Crippen molar-refractivity contribution in [3.8, 4) is 5.75 Å². The van der Waals surface area contributed by atoms with E-state index in [2.05, 4.69) is 31.5 Å². The second-order valence-corrected chi connectivity index (χ2v) is 12.8. The smallest absolute Gasteiger partial charge is 0.275 e. The van der Waals surface area contributed by atoms with Crippen LogP contribution in [0.2, 0.25) is 0 Å². The summed E-state index contributed by atoms with van der Waals surface area (Å²) in [5, 5.41) is 19.0. The number of aromatic nitrogens is 2. The Morgan fingerprint density at radius 1 is 0.894 bits per heavy atom. The Kier molecular flexibility index (Phi) is 11.6. The second-order valence-electron chi connectivity index (χ2n) is 12.8. The maximum atomic E-state index is 14.0. The number of nitrogens with one attached hydrogen (secondary N) is 5. The number of ether oxygens (including phenoxy) is 1. The molecule has 1 aliphatic heterocycles. The zero-order valence-corrected chi connectivity index (χ0v) is 27.8. The highest BCUT2D eigenvalue weighted by atomic mass is 16.5.